The summed E-state index contributed by atoms with van der Waals surface area (Å²) in [7, 11) is -6.06. The third kappa shape index (κ3) is 7.27. The van der Waals surface area contributed by atoms with E-state index in [4.69, 9.17) is 14.7 Å². The molecule has 11 aromatic rings. The topological polar surface area (TPSA) is 35.0 Å². The van der Waals surface area contributed by atoms with Gasteiger partial charge in [-0.2, -0.15) is 0 Å². The van der Waals surface area contributed by atoms with Crippen LogP contribution in [0.25, 0.3) is 45.0 Å². The third-order valence-electron chi connectivity index (χ3n) is 13.8. The molecular formula is C64H46N2OSi2. The van der Waals surface area contributed by atoms with E-state index >= 15 is 0 Å². The normalized spacial score (nSPS) is 12.6. The zero-order chi connectivity index (χ0) is 46.0. The lowest BCUT2D eigenvalue weighted by molar-refractivity contribution is 0.489. The van der Waals surface area contributed by atoms with Crippen molar-refractivity contribution in [1.29, 1.82) is 0 Å². The second-order valence-electron chi connectivity index (χ2n) is 17.6. The molecule has 69 heavy (non-hydrogen) atoms. The number of aromatic nitrogens is 2. The molecule has 326 valence electrons. The van der Waals surface area contributed by atoms with E-state index in [1.54, 1.807) is 0 Å². The lowest BCUT2D eigenvalue weighted by atomic mass is 10.0. The van der Waals surface area contributed by atoms with Crippen LogP contribution in [0.5, 0.6) is 11.5 Å². The Morgan fingerprint density at radius 3 is 1.25 bits per heavy atom. The number of rotatable bonds is 10. The second-order valence-corrected chi connectivity index (χ2v) is 25.1. The third-order valence-corrected chi connectivity index (χ3v) is 23.3. The quantitative estimate of drug-likeness (QED) is 0.101. The van der Waals surface area contributed by atoms with Crippen LogP contribution >= 0.6 is 0 Å². The summed E-state index contributed by atoms with van der Waals surface area (Å²) in [4.78, 5) is 11.0. The van der Waals surface area contributed by atoms with Crippen LogP contribution in [0.15, 0.2) is 279 Å². The highest BCUT2D eigenvalue weighted by Gasteiger charge is 2.49. The first kappa shape index (κ1) is 41.9. The lowest BCUT2D eigenvalue weighted by Crippen LogP contribution is -2.76. The largest absolute Gasteiger partial charge is 0.457 e. The summed E-state index contributed by atoms with van der Waals surface area (Å²) in [5.74, 6) is 2.43. The van der Waals surface area contributed by atoms with Gasteiger partial charge in [-0.05, 0) is 65.3 Å². The summed E-state index contributed by atoms with van der Waals surface area (Å²) in [5.41, 5.74) is 6.78. The maximum absolute atomic E-state index is 7.35. The van der Waals surface area contributed by atoms with Crippen molar-refractivity contribution in [3.8, 4) is 56.5 Å². The summed E-state index contributed by atoms with van der Waals surface area (Å²) >= 11 is 0. The lowest BCUT2D eigenvalue weighted by Gasteiger charge is -2.40. The van der Waals surface area contributed by atoms with Crippen LogP contribution < -0.4 is 46.2 Å². The Morgan fingerprint density at radius 2 is 0.739 bits per heavy atom. The minimum absolute atomic E-state index is 0.656. The van der Waals surface area contributed by atoms with Crippen molar-refractivity contribution in [2.24, 2.45) is 0 Å². The number of nitrogens with zero attached hydrogens (tertiary/aromatic N) is 2. The van der Waals surface area contributed by atoms with E-state index in [1.165, 1.54) is 41.5 Å². The molecule has 12 rings (SSSR count). The molecular weight excluding hydrogens is 869 g/mol. The van der Waals surface area contributed by atoms with E-state index in [-0.39, 0.29) is 0 Å². The summed E-state index contributed by atoms with van der Waals surface area (Å²) in [6.07, 6.45) is 0. The standard InChI is InChI=1S/C64H46N2OSi2/c1-8-25-47(26-9-1)58-46-59(48-27-10-2-11-28-48)66-64(65-58)50-43-49(44-56(45-50)68(51-29-12-3-13-30-51,52-31-14-4-15-32-52)53-33-16-5-17-34-53)57-39-24-42-62-63(57)67-60-40-22-23-41-61(60)69(62,54-35-18-6-19-36-54)55-37-20-7-21-38-55/h1-46H. The van der Waals surface area contributed by atoms with Crippen molar-refractivity contribution < 1.29 is 4.74 Å². The molecule has 1 aromatic heterocycles. The van der Waals surface area contributed by atoms with E-state index in [2.05, 4.69) is 279 Å². The molecule has 0 spiro atoms. The molecule has 0 fully saturated rings. The van der Waals surface area contributed by atoms with Gasteiger partial charge in [0.15, 0.2) is 22.0 Å². The average molecular weight is 915 g/mol. The molecule has 0 saturated heterocycles. The van der Waals surface area contributed by atoms with Crippen LogP contribution in [-0.4, -0.2) is 26.1 Å². The van der Waals surface area contributed by atoms with Gasteiger partial charge in [0.25, 0.3) is 0 Å². The van der Waals surface area contributed by atoms with Crippen LogP contribution in [0.2, 0.25) is 0 Å². The molecule has 0 aliphatic carbocycles. The minimum atomic E-state index is -3.10. The van der Waals surface area contributed by atoms with Crippen LogP contribution in [0.1, 0.15) is 0 Å². The molecule has 0 amide bonds. The smallest absolute Gasteiger partial charge is 0.188 e. The van der Waals surface area contributed by atoms with E-state index < -0.39 is 16.1 Å². The van der Waals surface area contributed by atoms with E-state index in [1.807, 2.05) is 0 Å². The minimum Gasteiger partial charge on any atom is -0.457 e. The van der Waals surface area contributed by atoms with E-state index in [9.17, 15) is 0 Å². The van der Waals surface area contributed by atoms with Gasteiger partial charge in [-0.25, -0.2) is 9.97 Å². The summed E-state index contributed by atoms with van der Waals surface area (Å²) in [5, 5.41) is 10.2. The van der Waals surface area contributed by atoms with Crippen molar-refractivity contribution in [1.82, 2.24) is 9.97 Å². The molecule has 0 bridgehead atoms. The van der Waals surface area contributed by atoms with E-state index in [0.29, 0.717) is 5.82 Å². The molecule has 0 atom stereocenters. The van der Waals surface area contributed by atoms with Crippen molar-refractivity contribution >= 4 is 57.6 Å². The second kappa shape index (κ2) is 18.0. The Bertz CT molecular complexity index is 3370. The number of fused-ring (bicyclic) bond motifs is 2. The van der Waals surface area contributed by atoms with Gasteiger partial charge in [0, 0.05) is 22.3 Å². The van der Waals surface area contributed by atoms with Crippen LogP contribution in [0, 0.1) is 0 Å². The molecule has 3 nitrogen and oxygen atoms in total. The first-order chi connectivity index (χ1) is 34.2. The first-order valence-corrected chi connectivity index (χ1v) is 27.6. The number of hydrogen-bond donors (Lipinski definition) is 0. The van der Waals surface area contributed by atoms with Gasteiger partial charge in [0.05, 0.1) is 11.4 Å². The molecule has 0 N–H and O–H groups in total. The van der Waals surface area contributed by atoms with Gasteiger partial charge < -0.3 is 4.74 Å². The Morgan fingerprint density at radius 1 is 0.319 bits per heavy atom. The number of benzene rings is 10. The predicted octanol–water partition coefficient (Wildman–Crippen LogP) is 10.0. The summed E-state index contributed by atoms with van der Waals surface area (Å²) in [6.45, 7) is 0. The van der Waals surface area contributed by atoms with Gasteiger partial charge in [-0.15, -0.1) is 0 Å². The van der Waals surface area contributed by atoms with Gasteiger partial charge in [0.2, 0.25) is 0 Å². The molecule has 10 aromatic carbocycles. The number of ether oxygens (including phenoxy) is 1. The van der Waals surface area contributed by atoms with Gasteiger partial charge in [-0.1, -0.05) is 261 Å². The Balaban J connectivity index is 1.20. The Kier molecular flexibility index (Phi) is 10.9. The van der Waals surface area contributed by atoms with Gasteiger partial charge >= 0.3 is 0 Å². The fourth-order valence-corrected chi connectivity index (χ4v) is 20.5. The number of hydrogen-bond acceptors (Lipinski definition) is 3. The zero-order valence-corrected chi connectivity index (χ0v) is 39.9. The van der Waals surface area contributed by atoms with E-state index in [0.717, 1.165) is 50.7 Å². The van der Waals surface area contributed by atoms with Crippen LogP contribution in [-0.2, 0) is 0 Å². The maximum atomic E-state index is 7.35. The molecule has 0 radical (unpaired) electrons. The van der Waals surface area contributed by atoms with Crippen LogP contribution in [0.4, 0.5) is 0 Å². The predicted molar refractivity (Wildman–Crippen MR) is 291 cm³/mol. The maximum Gasteiger partial charge on any atom is 0.188 e. The van der Waals surface area contributed by atoms with Crippen molar-refractivity contribution in [3.63, 3.8) is 0 Å². The fraction of sp³-hybridized carbons (Fsp3) is 0. The van der Waals surface area contributed by atoms with Crippen molar-refractivity contribution in [2.45, 2.75) is 0 Å². The monoisotopic (exact) mass is 914 g/mol. The number of para-hydroxylation sites is 2. The average Bonchev–Trinajstić information content (AvgIpc) is 3.44. The molecule has 1 aliphatic rings. The molecule has 5 heteroatoms. The Hall–Kier alpha value is -8.49. The van der Waals surface area contributed by atoms with Crippen LogP contribution in [0.3, 0.4) is 0 Å². The zero-order valence-electron chi connectivity index (χ0n) is 37.9. The summed E-state index contributed by atoms with van der Waals surface area (Å²) in [6, 6.07) is 101. The molecule has 0 saturated carbocycles. The SMILES string of the molecule is c1ccc(-c2cc(-c3ccccc3)nc(-c3cc(-c4cccc5c4Oc4ccccc4[Si]5(c4ccccc4)c4ccccc4)cc([Si](c4ccccc4)(c4ccccc4)c4ccccc4)c3)n2)cc1. The fourth-order valence-electron chi connectivity index (χ4n) is 10.7. The van der Waals surface area contributed by atoms with Crippen molar-refractivity contribution in [2.75, 3.05) is 0 Å². The molecule has 1 aliphatic heterocycles. The molecule has 0 unspecified atom stereocenters. The van der Waals surface area contributed by atoms with Gasteiger partial charge in [0.1, 0.15) is 11.5 Å². The van der Waals surface area contributed by atoms with Gasteiger partial charge in [-0.3, -0.25) is 0 Å². The molecule has 2 heterocycles. The summed E-state index contributed by atoms with van der Waals surface area (Å²) < 4.78 is 7.35. The first-order valence-electron chi connectivity index (χ1n) is 23.6. The van der Waals surface area contributed by atoms with Crippen molar-refractivity contribution in [3.05, 3.63) is 279 Å². The highest BCUT2D eigenvalue weighted by atomic mass is 28.3. The Labute approximate surface area is 405 Å². The highest BCUT2D eigenvalue weighted by molar-refractivity contribution is 7.21. The highest BCUT2D eigenvalue weighted by Crippen LogP contribution is 2.39.